The lowest BCUT2D eigenvalue weighted by molar-refractivity contribution is 0.232. The number of rotatable bonds is 7. The molecule has 2 N–H and O–H groups in total. The number of aromatic nitrogens is 4. The topological polar surface area (TPSA) is 75.9 Å². The van der Waals surface area contributed by atoms with Gasteiger partial charge in [-0.3, -0.25) is 4.68 Å². The molecular formula is C12H19N5OS. The Balaban J connectivity index is 1.85. The fourth-order valence-electron chi connectivity index (χ4n) is 1.81. The highest BCUT2D eigenvalue weighted by molar-refractivity contribution is 7.09. The third-order valence-electron chi connectivity index (χ3n) is 2.87. The number of aliphatic hydroxyl groups excluding tert-OH is 1. The zero-order chi connectivity index (χ0) is 13.7. The summed E-state index contributed by atoms with van der Waals surface area (Å²) in [5.74, 6) is 1.01. The van der Waals surface area contributed by atoms with E-state index in [4.69, 9.17) is 0 Å². The standard InChI is InChI=1S/C12H19N5OS/c1-3-11-15-12(19-16-11)13-5-10(8-18)4-9-6-14-17(2)7-9/h6-7,10,18H,3-5,8H2,1-2H3,(H,13,15,16). The molecule has 0 saturated carbocycles. The van der Waals surface area contributed by atoms with Gasteiger partial charge < -0.3 is 10.4 Å². The minimum Gasteiger partial charge on any atom is -0.396 e. The highest BCUT2D eigenvalue weighted by Crippen LogP contribution is 2.13. The first-order valence-corrected chi connectivity index (χ1v) is 7.13. The van der Waals surface area contributed by atoms with Gasteiger partial charge in [0.2, 0.25) is 5.13 Å². The maximum absolute atomic E-state index is 9.42. The van der Waals surface area contributed by atoms with Crippen molar-refractivity contribution in [1.29, 1.82) is 0 Å². The second kappa shape index (κ2) is 6.63. The number of hydrogen-bond donors (Lipinski definition) is 2. The molecule has 0 fully saturated rings. The normalized spacial score (nSPS) is 12.6. The molecule has 7 heteroatoms. The molecule has 2 aromatic rings. The van der Waals surface area contributed by atoms with Crippen molar-refractivity contribution < 1.29 is 5.11 Å². The van der Waals surface area contributed by atoms with E-state index in [2.05, 4.69) is 19.8 Å². The van der Waals surface area contributed by atoms with Gasteiger partial charge in [-0.15, -0.1) is 0 Å². The van der Waals surface area contributed by atoms with E-state index >= 15 is 0 Å². The molecule has 2 aromatic heterocycles. The Morgan fingerprint density at radius 2 is 2.37 bits per heavy atom. The molecular weight excluding hydrogens is 262 g/mol. The summed E-state index contributed by atoms with van der Waals surface area (Å²) in [5, 5.41) is 17.6. The Labute approximate surface area is 116 Å². The molecule has 1 atom stereocenters. The van der Waals surface area contributed by atoms with E-state index in [0.717, 1.165) is 29.4 Å². The molecule has 0 spiro atoms. The van der Waals surface area contributed by atoms with Gasteiger partial charge in [0.05, 0.1) is 6.20 Å². The van der Waals surface area contributed by atoms with Crippen LogP contribution in [0.25, 0.3) is 0 Å². The Morgan fingerprint density at radius 1 is 1.53 bits per heavy atom. The average molecular weight is 281 g/mol. The van der Waals surface area contributed by atoms with Crippen LogP contribution in [-0.4, -0.2) is 37.4 Å². The van der Waals surface area contributed by atoms with Gasteiger partial charge in [0.1, 0.15) is 5.82 Å². The first kappa shape index (κ1) is 14.0. The molecule has 0 amide bonds. The van der Waals surface area contributed by atoms with Crippen molar-refractivity contribution in [3.05, 3.63) is 23.8 Å². The monoisotopic (exact) mass is 281 g/mol. The SMILES string of the molecule is CCc1nsc(NCC(CO)Cc2cnn(C)c2)n1. The summed E-state index contributed by atoms with van der Waals surface area (Å²) in [7, 11) is 1.89. The van der Waals surface area contributed by atoms with E-state index in [9.17, 15) is 5.11 Å². The highest BCUT2D eigenvalue weighted by Gasteiger charge is 2.11. The van der Waals surface area contributed by atoms with E-state index < -0.39 is 0 Å². The minimum absolute atomic E-state index is 0.140. The second-order valence-corrected chi connectivity index (χ2v) is 5.28. The molecule has 0 bridgehead atoms. The molecule has 19 heavy (non-hydrogen) atoms. The summed E-state index contributed by atoms with van der Waals surface area (Å²) < 4.78 is 5.99. The number of aliphatic hydroxyl groups is 1. The number of nitrogens with one attached hydrogen (secondary N) is 1. The molecule has 6 nitrogen and oxygen atoms in total. The summed E-state index contributed by atoms with van der Waals surface area (Å²) in [6.07, 6.45) is 5.46. The molecule has 0 aliphatic rings. The third kappa shape index (κ3) is 4.00. The molecule has 104 valence electrons. The maximum Gasteiger partial charge on any atom is 0.202 e. The van der Waals surface area contributed by atoms with Crippen molar-refractivity contribution in [1.82, 2.24) is 19.1 Å². The van der Waals surface area contributed by atoms with Crippen molar-refractivity contribution >= 4 is 16.7 Å². The Bertz CT molecular complexity index is 510. The summed E-state index contributed by atoms with van der Waals surface area (Å²) in [6, 6.07) is 0. The van der Waals surface area contributed by atoms with Crippen molar-refractivity contribution in [2.75, 3.05) is 18.5 Å². The van der Waals surface area contributed by atoms with Crippen LogP contribution in [0.2, 0.25) is 0 Å². The number of anilines is 1. The molecule has 0 aliphatic heterocycles. The van der Waals surface area contributed by atoms with E-state index in [1.807, 2.05) is 26.4 Å². The van der Waals surface area contributed by atoms with Crippen LogP contribution in [0, 0.1) is 5.92 Å². The lowest BCUT2D eigenvalue weighted by Crippen LogP contribution is -2.20. The van der Waals surface area contributed by atoms with E-state index in [1.165, 1.54) is 11.5 Å². The molecule has 2 rings (SSSR count). The first-order valence-electron chi connectivity index (χ1n) is 6.36. The average Bonchev–Trinajstić information content (AvgIpc) is 3.03. The Kier molecular flexibility index (Phi) is 4.86. The molecule has 0 radical (unpaired) electrons. The predicted molar refractivity (Wildman–Crippen MR) is 75.3 cm³/mol. The van der Waals surface area contributed by atoms with Gasteiger partial charge in [-0.05, 0) is 12.0 Å². The van der Waals surface area contributed by atoms with Gasteiger partial charge >= 0.3 is 0 Å². The zero-order valence-corrected chi connectivity index (χ0v) is 12.0. The lowest BCUT2D eigenvalue weighted by atomic mass is 10.0. The van der Waals surface area contributed by atoms with Crippen molar-refractivity contribution in [2.24, 2.45) is 13.0 Å². The van der Waals surface area contributed by atoms with E-state index in [0.29, 0.717) is 6.54 Å². The smallest absolute Gasteiger partial charge is 0.202 e. The van der Waals surface area contributed by atoms with E-state index in [-0.39, 0.29) is 12.5 Å². The van der Waals surface area contributed by atoms with Gasteiger partial charge in [0.25, 0.3) is 0 Å². The van der Waals surface area contributed by atoms with Crippen LogP contribution < -0.4 is 5.32 Å². The van der Waals surface area contributed by atoms with Gasteiger partial charge in [-0.25, -0.2) is 4.98 Å². The number of hydrogen-bond acceptors (Lipinski definition) is 6. The minimum atomic E-state index is 0.140. The van der Waals surface area contributed by atoms with Gasteiger partial charge in [-0.2, -0.15) is 9.47 Å². The van der Waals surface area contributed by atoms with Crippen LogP contribution >= 0.6 is 11.5 Å². The molecule has 0 saturated heterocycles. The lowest BCUT2D eigenvalue weighted by Gasteiger charge is -2.13. The first-order chi connectivity index (χ1) is 9.21. The summed E-state index contributed by atoms with van der Waals surface area (Å²) >= 11 is 1.37. The summed E-state index contributed by atoms with van der Waals surface area (Å²) in [5.41, 5.74) is 1.13. The fourth-order valence-corrected chi connectivity index (χ4v) is 2.47. The van der Waals surface area contributed by atoms with E-state index in [1.54, 1.807) is 4.68 Å². The van der Waals surface area contributed by atoms with Crippen molar-refractivity contribution in [3.63, 3.8) is 0 Å². The van der Waals surface area contributed by atoms with Crippen molar-refractivity contribution in [3.8, 4) is 0 Å². The van der Waals surface area contributed by atoms with Gasteiger partial charge in [0.15, 0.2) is 0 Å². The van der Waals surface area contributed by atoms with Crippen LogP contribution in [0.1, 0.15) is 18.3 Å². The van der Waals surface area contributed by atoms with Gasteiger partial charge in [0, 0.05) is 50.3 Å². The van der Waals surface area contributed by atoms with Crippen LogP contribution in [0.15, 0.2) is 12.4 Å². The molecule has 2 heterocycles. The molecule has 0 aromatic carbocycles. The van der Waals surface area contributed by atoms with Gasteiger partial charge in [-0.1, -0.05) is 6.92 Å². The van der Waals surface area contributed by atoms with Crippen LogP contribution in [0.3, 0.4) is 0 Å². The third-order valence-corrected chi connectivity index (χ3v) is 3.58. The second-order valence-electron chi connectivity index (χ2n) is 4.53. The van der Waals surface area contributed by atoms with Crippen LogP contribution in [-0.2, 0) is 19.9 Å². The zero-order valence-electron chi connectivity index (χ0n) is 11.2. The quantitative estimate of drug-likeness (QED) is 0.795. The van der Waals surface area contributed by atoms with Crippen molar-refractivity contribution in [2.45, 2.75) is 19.8 Å². The number of nitrogens with zero attached hydrogens (tertiary/aromatic N) is 4. The number of aryl methyl sites for hydroxylation is 2. The predicted octanol–water partition coefficient (Wildman–Crippen LogP) is 1.10. The Hall–Kier alpha value is -1.47. The van der Waals surface area contributed by atoms with Crippen LogP contribution in [0.5, 0.6) is 0 Å². The van der Waals surface area contributed by atoms with Crippen LogP contribution in [0.4, 0.5) is 5.13 Å². The largest absolute Gasteiger partial charge is 0.396 e. The highest BCUT2D eigenvalue weighted by atomic mass is 32.1. The summed E-state index contributed by atoms with van der Waals surface area (Å²) in [4.78, 5) is 4.34. The molecule has 0 aliphatic carbocycles. The fraction of sp³-hybridized carbons (Fsp3) is 0.583. The maximum atomic E-state index is 9.42. The Morgan fingerprint density at radius 3 is 2.95 bits per heavy atom. The summed E-state index contributed by atoms with van der Waals surface area (Å²) in [6.45, 7) is 2.86. The molecule has 1 unspecified atom stereocenters.